The van der Waals surface area contributed by atoms with E-state index < -0.39 is 41.5 Å². The number of fused-ring (bicyclic) bond motifs is 1. The van der Waals surface area contributed by atoms with Crippen LogP contribution in [0, 0.1) is 0 Å². The van der Waals surface area contributed by atoms with Crippen LogP contribution in [0.4, 0.5) is 9.52 Å². The van der Waals surface area contributed by atoms with Gasteiger partial charge >= 0.3 is 5.97 Å². The van der Waals surface area contributed by atoms with E-state index in [1.165, 1.54) is 45.8 Å². The highest BCUT2D eigenvalue weighted by atomic mass is 32.2. The maximum absolute atomic E-state index is 13.2. The van der Waals surface area contributed by atoms with Gasteiger partial charge in [-0.1, -0.05) is 16.9 Å². The predicted octanol–water partition coefficient (Wildman–Crippen LogP) is 0.879. The fourth-order valence-electron chi connectivity index (χ4n) is 3.52. The molecule has 0 aromatic carbocycles. The highest BCUT2D eigenvalue weighted by Gasteiger charge is 2.54. The van der Waals surface area contributed by atoms with Crippen LogP contribution in [0.3, 0.4) is 0 Å². The summed E-state index contributed by atoms with van der Waals surface area (Å²) < 4.78 is 15.0. The number of carboxylic acid groups (broad SMARTS) is 1. The van der Waals surface area contributed by atoms with Gasteiger partial charge in [0.2, 0.25) is 6.41 Å². The number of hydrazone groups is 1. The van der Waals surface area contributed by atoms with Crippen LogP contribution in [-0.2, 0) is 24.0 Å². The summed E-state index contributed by atoms with van der Waals surface area (Å²) in [6.07, 6.45) is -1.38. The Hall–Kier alpha value is -2.83. The van der Waals surface area contributed by atoms with Gasteiger partial charge in [0, 0.05) is 23.3 Å². The molecule has 1 aromatic heterocycles. The second kappa shape index (κ2) is 10.9. The van der Waals surface area contributed by atoms with Crippen molar-refractivity contribution in [1.82, 2.24) is 19.6 Å². The van der Waals surface area contributed by atoms with Gasteiger partial charge in [-0.15, -0.1) is 23.1 Å². The van der Waals surface area contributed by atoms with E-state index in [-0.39, 0.29) is 28.7 Å². The van der Waals surface area contributed by atoms with Crippen LogP contribution in [0.25, 0.3) is 0 Å². The first-order chi connectivity index (χ1) is 17.9. The molecule has 1 aromatic rings. The second-order valence-corrected chi connectivity index (χ2v) is 11.6. The lowest BCUT2D eigenvalue weighted by Crippen LogP contribution is -2.71. The van der Waals surface area contributed by atoms with Crippen LogP contribution >= 0.6 is 46.8 Å². The zero-order valence-electron chi connectivity index (χ0n) is 18.6. The summed E-state index contributed by atoms with van der Waals surface area (Å²) in [5, 5.41) is 23.7. The number of nitrogens with zero attached hydrogens (tertiary/aromatic N) is 5. The van der Waals surface area contributed by atoms with Crippen LogP contribution in [0.1, 0.15) is 12.1 Å². The van der Waals surface area contributed by atoms with Gasteiger partial charge < -0.3 is 20.6 Å². The Morgan fingerprint density at radius 2 is 2.24 bits per heavy atom. The Bertz CT molecular complexity index is 1230. The van der Waals surface area contributed by atoms with Crippen molar-refractivity contribution < 1.29 is 33.5 Å². The van der Waals surface area contributed by atoms with Gasteiger partial charge in [-0.25, -0.2) is 18.6 Å². The molecule has 2 fully saturated rings. The van der Waals surface area contributed by atoms with Gasteiger partial charge in [0.1, 0.15) is 29.0 Å². The maximum atomic E-state index is 13.2. The second-order valence-electron chi connectivity index (χ2n) is 7.90. The Balaban J connectivity index is 1.29. The summed E-state index contributed by atoms with van der Waals surface area (Å²) in [4.78, 5) is 59.2. The van der Waals surface area contributed by atoms with Crippen molar-refractivity contribution in [3.63, 3.8) is 0 Å². The number of nitrogens with one attached hydrogen (secondary N) is 2. The average Bonchev–Trinajstić information content (AvgIpc) is 3.24. The molecule has 18 heteroatoms. The number of hydrogen-bond donors (Lipinski definition) is 3. The van der Waals surface area contributed by atoms with Crippen LogP contribution in [-0.4, -0.2) is 95.9 Å². The van der Waals surface area contributed by atoms with E-state index in [9.17, 15) is 28.7 Å². The number of aliphatic carboxylic acids is 1. The van der Waals surface area contributed by atoms with E-state index in [2.05, 4.69) is 25.9 Å². The minimum atomic E-state index is -1.23. The van der Waals surface area contributed by atoms with Gasteiger partial charge in [0.15, 0.2) is 16.9 Å². The molecule has 5 rings (SSSR count). The number of amides is 3. The highest BCUT2D eigenvalue weighted by molar-refractivity contribution is 8.13. The quantitative estimate of drug-likeness (QED) is 0.111. The lowest BCUT2D eigenvalue weighted by molar-refractivity contribution is -0.150. The first kappa shape index (κ1) is 25.8. The summed E-state index contributed by atoms with van der Waals surface area (Å²) >= 11 is 5.24. The average molecular weight is 588 g/mol. The molecule has 4 heterocycles. The van der Waals surface area contributed by atoms with Crippen LogP contribution in [0.2, 0.25) is 0 Å². The SMILES string of the molecule is O=CNc1nc(/C(=N/OC2CC2F)C(=O)N[C@@H]2C(=O)N3C(C(=O)O)=C(CSN4CSC=N4)CS[C@H]23)cs1. The van der Waals surface area contributed by atoms with E-state index in [1.807, 2.05) is 0 Å². The molecule has 3 aliphatic heterocycles. The summed E-state index contributed by atoms with van der Waals surface area (Å²) in [7, 11) is 0. The Morgan fingerprint density at radius 3 is 2.92 bits per heavy atom. The number of carboxylic acids is 1. The van der Waals surface area contributed by atoms with E-state index in [4.69, 9.17) is 4.84 Å². The van der Waals surface area contributed by atoms with Crippen molar-refractivity contribution in [1.29, 1.82) is 0 Å². The fourth-order valence-corrected chi connectivity index (χ4v) is 7.29. The van der Waals surface area contributed by atoms with E-state index >= 15 is 0 Å². The van der Waals surface area contributed by atoms with Crippen molar-refractivity contribution in [2.45, 2.75) is 30.1 Å². The molecular weight excluding hydrogens is 570 g/mol. The smallest absolute Gasteiger partial charge is 0.352 e. The number of halogens is 1. The molecule has 196 valence electrons. The van der Waals surface area contributed by atoms with Crippen molar-refractivity contribution in [2.24, 2.45) is 10.3 Å². The molecule has 2 unspecified atom stereocenters. The maximum Gasteiger partial charge on any atom is 0.352 e. The van der Waals surface area contributed by atoms with E-state index in [1.54, 1.807) is 9.96 Å². The molecule has 4 atom stereocenters. The third-order valence-electron chi connectivity index (χ3n) is 5.44. The molecule has 4 aliphatic rings. The molecule has 3 amide bonds. The van der Waals surface area contributed by atoms with Crippen molar-refractivity contribution >= 4 is 87.4 Å². The summed E-state index contributed by atoms with van der Waals surface area (Å²) in [6.45, 7) is 0. The summed E-state index contributed by atoms with van der Waals surface area (Å²) in [6, 6.07) is -1.01. The largest absolute Gasteiger partial charge is 0.477 e. The number of oxime groups is 1. The van der Waals surface area contributed by atoms with Crippen molar-refractivity contribution in [3.8, 4) is 0 Å². The Morgan fingerprint density at radius 1 is 1.43 bits per heavy atom. The monoisotopic (exact) mass is 587 g/mol. The zero-order chi connectivity index (χ0) is 26.1. The van der Waals surface area contributed by atoms with Crippen LogP contribution in [0.5, 0.6) is 0 Å². The third-order valence-corrected chi connectivity index (χ3v) is 9.35. The number of carbonyl (C=O) groups excluding carboxylic acids is 3. The number of thioether (sulfide) groups is 2. The standard InChI is InChI=1S/C19H18FN7O6S4/c20-9-1-11(9)33-25-12(10-4-36-19(23-10)21-5-28)15(29)24-13-16(30)27-14(18(31)32)8(2-35-17(13)27)3-37-26-7-34-6-22-26/h4-6,9,11,13,17H,1-3,7H2,(H,24,29)(H,31,32)(H,21,23,28)/b25-12-/t9?,11?,13-,17-/m1/s1. The minimum Gasteiger partial charge on any atom is -0.477 e. The summed E-state index contributed by atoms with van der Waals surface area (Å²) in [5.74, 6) is -1.24. The van der Waals surface area contributed by atoms with Crippen LogP contribution in [0.15, 0.2) is 26.9 Å². The van der Waals surface area contributed by atoms with E-state index in [0.717, 1.165) is 11.3 Å². The number of hydrogen-bond acceptors (Lipinski definition) is 13. The van der Waals surface area contributed by atoms with E-state index in [0.29, 0.717) is 29.4 Å². The zero-order valence-corrected chi connectivity index (χ0v) is 21.9. The van der Waals surface area contributed by atoms with Gasteiger partial charge in [-0.2, -0.15) is 5.10 Å². The molecule has 0 spiro atoms. The Kier molecular flexibility index (Phi) is 7.59. The highest BCUT2D eigenvalue weighted by Crippen LogP contribution is 2.41. The first-order valence-corrected chi connectivity index (χ1v) is 14.6. The first-order valence-electron chi connectivity index (χ1n) is 10.7. The lowest BCUT2D eigenvalue weighted by atomic mass is 10.0. The number of aromatic nitrogens is 1. The molecular formula is C19H18FN7O6S4. The van der Waals surface area contributed by atoms with Crippen molar-refractivity contribution in [3.05, 3.63) is 22.3 Å². The number of anilines is 1. The molecule has 1 aliphatic carbocycles. The van der Waals surface area contributed by atoms with Gasteiger partial charge in [0.05, 0.1) is 11.4 Å². The minimum absolute atomic E-state index is 0.0657. The topological polar surface area (TPSA) is 166 Å². The summed E-state index contributed by atoms with van der Waals surface area (Å²) in [5.41, 5.74) is 1.97. The van der Waals surface area contributed by atoms with Crippen molar-refractivity contribution in [2.75, 3.05) is 22.7 Å². The third kappa shape index (κ3) is 5.41. The van der Waals surface area contributed by atoms with Crippen LogP contribution < -0.4 is 10.6 Å². The molecule has 1 saturated heterocycles. The lowest BCUT2D eigenvalue weighted by Gasteiger charge is -2.49. The molecule has 13 nitrogen and oxygen atoms in total. The molecule has 37 heavy (non-hydrogen) atoms. The normalized spacial score (nSPS) is 26.5. The predicted molar refractivity (Wildman–Crippen MR) is 138 cm³/mol. The van der Waals surface area contributed by atoms with Gasteiger partial charge in [0.25, 0.3) is 11.8 Å². The number of thiazole rings is 1. The fraction of sp³-hybridized carbons (Fsp3) is 0.421. The molecule has 0 radical (unpaired) electrons. The number of carbonyl (C=O) groups is 4. The molecule has 1 saturated carbocycles. The molecule has 3 N–H and O–H groups in total. The van der Waals surface area contributed by atoms with Gasteiger partial charge in [-0.3, -0.25) is 19.3 Å². The molecule has 0 bridgehead atoms. The number of β-lactam (4-membered cyclic amide) rings is 1. The Labute approximate surface area is 225 Å². The number of alkyl halides is 1. The number of rotatable bonds is 11. The van der Waals surface area contributed by atoms with Gasteiger partial charge in [-0.05, 0) is 17.5 Å².